The van der Waals surface area contributed by atoms with Crippen LogP contribution in [0.5, 0.6) is 0 Å². The third kappa shape index (κ3) is 3.73. The molecule has 0 spiro atoms. The smallest absolute Gasteiger partial charge is 0.242 e. The van der Waals surface area contributed by atoms with Crippen molar-refractivity contribution in [2.45, 2.75) is 18.2 Å². The number of rotatable bonds is 5. The normalized spacial score (nSPS) is 11.7. The number of nitrogens with two attached hydrogens (primary N) is 1. The maximum atomic E-state index is 12.1. The first-order valence-electron chi connectivity index (χ1n) is 5.98. The van der Waals surface area contributed by atoms with E-state index in [1.807, 2.05) is 13.0 Å². The van der Waals surface area contributed by atoms with E-state index >= 15 is 0 Å². The fraction of sp³-hybridized carbons (Fsp3) is 0.231. The predicted octanol–water partition coefficient (Wildman–Crippen LogP) is 2.81. The Hall–Kier alpha value is -1.08. The number of nitrogen functional groups attached to an aromatic ring is 1. The minimum atomic E-state index is -3.57. The third-order valence-electron chi connectivity index (χ3n) is 2.75. The fourth-order valence-corrected chi connectivity index (χ4v) is 4.01. The molecule has 0 radical (unpaired) electrons. The van der Waals surface area contributed by atoms with Crippen molar-refractivity contribution in [3.8, 4) is 0 Å². The number of thiophene rings is 1. The van der Waals surface area contributed by atoms with Crippen LogP contribution in [0, 0.1) is 6.92 Å². The second kappa shape index (κ2) is 6.13. The second-order valence-corrected chi connectivity index (χ2v) is 7.93. The van der Waals surface area contributed by atoms with E-state index < -0.39 is 10.0 Å². The van der Waals surface area contributed by atoms with Crippen LogP contribution in [0.4, 0.5) is 5.69 Å². The van der Waals surface area contributed by atoms with Gasteiger partial charge in [-0.15, -0.1) is 11.3 Å². The molecule has 0 aliphatic heterocycles. The molecule has 0 saturated carbocycles. The Morgan fingerprint density at radius 3 is 2.65 bits per heavy atom. The molecule has 0 amide bonds. The summed E-state index contributed by atoms with van der Waals surface area (Å²) in [5.74, 6) is 0. The van der Waals surface area contributed by atoms with E-state index in [0.29, 0.717) is 17.3 Å². The van der Waals surface area contributed by atoms with E-state index in [1.54, 1.807) is 18.2 Å². The summed E-state index contributed by atoms with van der Waals surface area (Å²) >= 11 is 7.27. The molecule has 0 bridgehead atoms. The molecule has 20 heavy (non-hydrogen) atoms. The first-order chi connectivity index (χ1) is 9.38. The highest BCUT2D eigenvalue weighted by molar-refractivity contribution is 7.89. The van der Waals surface area contributed by atoms with Crippen molar-refractivity contribution < 1.29 is 8.42 Å². The summed E-state index contributed by atoms with van der Waals surface area (Å²) in [5, 5.41) is 0. The lowest BCUT2D eigenvalue weighted by Crippen LogP contribution is -2.26. The molecule has 0 aliphatic rings. The van der Waals surface area contributed by atoms with Crippen molar-refractivity contribution in [2.75, 3.05) is 12.3 Å². The van der Waals surface area contributed by atoms with Gasteiger partial charge in [0.05, 0.1) is 10.0 Å². The Labute approximate surface area is 127 Å². The van der Waals surface area contributed by atoms with Gasteiger partial charge in [-0.1, -0.05) is 17.7 Å². The molecule has 0 atom stereocenters. The third-order valence-corrected chi connectivity index (χ3v) is 5.57. The molecule has 1 heterocycles. The summed E-state index contributed by atoms with van der Waals surface area (Å²) in [6.45, 7) is 2.17. The molecule has 2 aromatic rings. The van der Waals surface area contributed by atoms with Crippen LogP contribution < -0.4 is 10.5 Å². The maximum absolute atomic E-state index is 12.1. The summed E-state index contributed by atoms with van der Waals surface area (Å²) in [5.41, 5.74) is 6.95. The number of hydrogen-bond donors (Lipinski definition) is 2. The van der Waals surface area contributed by atoms with Crippen LogP contribution >= 0.6 is 22.9 Å². The molecule has 108 valence electrons. The van der Waals surface area contributed by atoms with Crippen LogP contribution in [-0.2, 0) is 16.4 Å². The van der Waals surface area contributed by atoms with Gasteiger partial charge in [0, 0.05) is 11.4 Å². The molecule has 0 fully saturated rings. The highest BCUT2D eigenvalue weighted by atomic mass is 35.5. The molecule has 4 nitrogen and oxygen atoms in total. The standard InChI is InChI=1S/C13H15ClN2O2S2/c1-9-2-4-12(11(15)8-9)20(17,18)16-7-6-10-3-5-13(14)19-10/h2-5,8,16H,6-7,15H2,1H3. The fourth-order valence-electron chi connectivity index (χ4n) is 1.79. The summed E-state index contributed by atoms with van der Waals surface area (Å²) in [4.78, 5) is 1.15. The number of halogens is 1. The topological polar surface area (TPSA) is 72.2 Å². The van der Waals surface area contributed by atoms with Gasteiger partial charge < -0.3 is 5.73 Å². The maximum Gasteiger partial charge on any atom is 0.242 e. The van der Waals surface area contributed by atoms with E-state index in [-0.39, 0.29) is 10.6 Å². The highest BCUT2D eigenvalue weighted by Crippen LogP contribution is 2.22. The van der Waals surface area contributed by atoms with Crippen molar-refractivity contribution in [3.63, 3.8) is 0 Å². The number of sulfonamides is 1. The Morgan fingerprint density at radius 1 is 1.30 bits per heavy atom. The summed E-state index contributed by atoms with van der Waals surface area (Å²) < 4.78 is 27.5. The Bertz CT molecular complexity index is 711. The van der Waals surface area contributed by atoms with Gasteiger partial charge in [0.1, 0.15) is 4.90 Å². The minimum Gasteiger partial charge on any atom is -0.398 e. The highest BCUT2D eigenvalue weighted by Gasteiger charge is 2.16. The van der Waals surface area contributed by atoms with E-state index in [2.05, 4.69) is 4.72 Å². The molecule has 0 unspecified atom stereocenters. The predicted molar refractivity (Wildman–Crippen MR) is 83.8 cm³/mol. The Balaban J connectivity index is 2.04. The van der Waals surface area contributed by atoms with Crippen molar-refractivity contribution in [1.29, 1.82) is 0 Å². The van der Waals surface area contributed by atoms with Gasteiger partial charge in [0.2, 0.25) is 10.0 Å². The average Bonchev–Trinajstić information content (AvgIpc) is 2.74. The summed E-state index contributed by atoms with van der Waals surface area (Å²) in [6, 6.07) is 8.59. The van der Waals surface area contributed by atoms with Crippen LogP contribution in [0.25, 0.3) is 0 Å². The van der Waals surface area contributed by atoms with Gasteiger partial charge in [0.25, 0.3) is 0 Å². The number of benzene rings is 1. The molecular formula is C13H15ClN2O2S2. The van der Waals surface area contributed by atoms with Gasteiger partial charge in [-0.25, -0.2) is 13.1 Å². The van der Waals surface area contributed by atoms with Crippen LogP contribution in [0.3, 0.4) is 0 Å². The largest absolute Gasteiger partial charge is 0.398 e. The van der Waals surface area contributed by atoms with Gasteiger partial charge in [-0.2, -0.15) is 0 Å². The zero-order valence-electron chi connectivity index (χ0n) is 10.9. The van der Waals surface area contributed by atoms with Crippen LogP contribution in [0.1, 0.15) is 10.4 Å². The van der Waals surface area contributed by atoms with Gasteiger partial charge in [0.15, 0.2) is 0 Å². The molecular weight excluding hydrogens is 316 g/mol. The number of nitrogens with one attached hydrogen (secondary N) is 1. The van der Waals surface area contributed by atoms with E-state index in [0.717, 1.165) is 10.4 Å². The van der Waals surface area contributed by atoms with E-state index in [4.69, 9.17) is 17.3 Å². The average molecular weight is 331 g/mol. The van der Waals surface area contributed by atoms with Crippen molar-refractivity contribution >= 4 is 38.6 Å². The number of hydrogen-bond acceptors (Lipinski definition) is 4. The SMILES string of the molecule is Cc1ccc(S(=O)(=O)NCCc2ccc(Cl)s2)c(N)c1. The molecule has 1 aromatic carbocycles. The Kier molecular flexibility index (Phi) is 4.70. The zero-order valence-corrected chi connectivity index (χ0v) is 13.3. The van der Waals surface area contributed by atoms with E-state index in [9.17, 15) is 8.42 Å². The molecule has 7 heteroatoms. The number of aryl methyl sites for hydroxylation is 1. The first kappa shape index (κ1) is 15.3. The molecule has 0 saturated heterocycles. The first-order valence-corrected chi connectivity index (χ1v) is 8.66. The van der Waals surface area contributed by atoms with Gasteiger partial charge in [-0.3, -0.25) is 0 Å². The van der Waals surface area contributed by atoms with Crippen LogP contribution in [-0.4, -0.2) is 15.0 Å². The monoisotopic (exact) mass is 330 g/mol. The molecule has 2 rings (SSSR count). The second-order valence-electron chi connectivity index (χ2n) is 4.39. The van der Waals surface area contributed by atoms with Crippen molar-refractivity contribution in [1.82, 2.24) is 4.72 Å². The number of anilines is 1. The quantitative estimate of drug-likeness (QED) is 0.828. The Morgan fingerprint density at radius 2 is 2.05 bits per heavy atom. The van der Waals surface area contributed by atoms with Gasteiger partial charge in [-0.05, 0) is 43.2 Å². The summed E-state index contributed by atoms with van der Waals surface area (Å²) in [7, 11) is -3.57. The van der Waals surface area contributed by atoms with Gasteiger partial charge >= 0.3 is 0 Å². The van der Waals surface area contributed by atoms with Crippen LogP contribution in [0.2, 0.25) is 4.34 Å². The molecule has 3 N–H and O–H groups in total. The van der Waals surface area contributed by atoms with Crippen molar-refractivity contribution in [3.05, 3.63) is 45.1 Å². The minimum absolute atomic E-state index is 0.118. The van der Waals surface area contributed by atoms with E-state index in [1.165, 1.54) is 17.4 Å². The lowest BCUT2D eigenvalue weighted by molar-refractivity contribution is 0.582. The lowest BCUT2D eigenvalue weighted by Gasteiger charge is -2.09. The zero-order chi connectivity index (χ0) is 14.8. The molecule has 0 aliphatic carbocycles. The summed E-state index contributed by atoms with van der Waals surface area (Å²) in [6.07, 6.45) is 0.600. The lowest BCUT2D eigenvalue weighted by atomic mass is 10.2. The molecule has 1 aromatic heterocycles. The van der Waals surface area contributed by atoms with Crippen LogP contribution in [0.15, 0.2) is 35.2 Å². The van der Waals surface area contributed by atoms with Crippen molar-refractivity contribution in [2.24, 2.45) is 0 Å².